The van der Waals surface area contributed by atoms with E-state index in [2.05, 4.69) is 13.8 Å². The van der Waals surface area contributed by atoms with Crippen LogP contribution in [0.4, 0.5) is 0 Å². The number of carbonyl (C=O) groups is 2. The van der Waals surface area contributed by atoms with Gasteiger partial charge in [-0.3, -0.25) is 4.79 Å². The Labute approximate surface area is 222 Å². The Balaban J connectivity index is 1.41. The summed E-state index contributed by atoms with van der Waals surface area (Å²) in [5.74, 6) is 0.404. The Hall–Kier alpha value is -2.82. The molecule has 5 heteroatoms. The van der Waals surface area contributed by atoms with Gasteiger partial charge in [-0.25, -0.2) is 4.79 Å². The van der Waals surface area contributed by atoms with Gasteiger partial charge in [0.1, 0.15) is 17.6 Å². The highest BCUT2D eigenvalue weighted by Crippen LogP contribution is 2.32. The van der Waals surface area contributed by atoms with Gasteiger partial charge in [-0.1, -0.05) is 77.3 Å². The van der Waals surface area contributed by atoms with Crippen LogP contribution in [0.25, 0.3) is 0 Å². The van der Waals surface area contributed by atoms with Crippen molar-refractivity contribution in [2.24, 2.45) is 0 Å². The predicted octanol–water partition coefficient (Wildman–Crippen LogP) is 8.40. The van der Waals surface area contributed by atoms with Crippen molar-refractivity contribution in [3.63, 3.8) is 0 Å². The minimum absolute atomic E-state index is 0.0492. The Bertz CT molecular complexity index is 935. The largest absolute Gasteiger partial charge is 0.494 e. The fourth-order valence-corrected chi connectivity index (χ4v) is 4.77. The Morgan fingerprint density at radius 2 is 1.41 bits per heavy atom. The molecule has 1 heterocycles. The molecule has 1 fully saturated rings. The van der Waals surface area contributed by atoms with Gasteiger partial charge < -0.3 is 14.2 Å². The van der Waals surface area contributed by atoms with Crippen LogP contribution in [0.2, 0.25) is 0 Å². The maximum absolute atomic E-state index is 12.6. The number of cyclic esters (lactones) is 1. The van der Waals surface area contributed by atoms with E-state index in [0.29, 0.717) is 17.9 Å². The lowest BCUT2D eigenvalue weighted by molar-refractivity contribution is -0.156. The number of carbonyl (C=O) groups excluding carboxylic acids is 2. The number of benzene rings is 2. The van der Waals surface area contributed by atoms with Crippen LogP contribution in [0.15, 0.2) is 48.5 Å². The molecule has 0 saturated carbocycles. The average molecular weight is 509 g/mol. The molecule has 0 amide bonds. The maximum atomic E-state index is 12.6. The van der Waals surface area contributed by atoms with E-state index in [1.165, 1.54) is 51.4 Å². The zero-order valence-electron chi connectivity index (χ0n) is 22.7. The quantitative estimate of drug-likeness (QED) is 0.129. The van der Waals surface area contributed by atoms with E-state index < -0.39 is 5.97 Å². The lowest BCUT2D eigenvalue weighted by atomic mass is 9.89. The number of hydrogen-bond donors (Lipinski definition) is 0. The molecule has 0 radical (unpaired) electrons. The SMILES string of the molecule is CCCCCCCCOc1ccc(C(=O)Oc2ccc([C@H]3CC[C@@H](CCCCCC)OC3=O)cc2)cc1. The van der Waals surface area contributed by atoms with Gasteiger partial charge >= 0.3 is 11.9 Å². The second kappa shape index (κ2) is 16.1. The first-order valence-electron chi connectivity index (χ1n) is 14.4. The highest BCUT2D eigenvalue weighted by Gasteiger charge is 2.31. The van der Waals surface area contributed by atoms with Crippen molar-refractivity contribution in [1.82, 2.24) is 0 Å². The third-order valence-electron chi connectivity index (χ3n) is 7.07. The minimum atomic E-state index is -0.418. The summed E-state index contributed by atoms with van der Waals surface area (Å²) in [5.41, 5.74) is 1.37. The maximum Gasteiger partial charge on any atom is 0.343 e. The Kier molecular flexibility index (Phi) is 12.5. The third-order valence-corrected chi connectivity index (χ3v) is 7.07. The lowest BCUT2D eigenvalue weighted by Gasteiger charge is -2.28. The van der Waals surface area contributed by atoms with E-state index in [-0.39, 0.29) is 18.0 Å². The van der Waals surface area contributed by atoms with Crippen molar-refractivity contribution in [2.75, 3.05) is 6.61 Å². The standard InChI is InChI=1S/C32H44O5/c1-3-5-7-9-10-12-24-35-27-18-16-26(17-19-27)31(33)36-29-20-14-25(15-21-29)30-23-22-28(37-32(30)34)13-11-8-6-4-2/h14-21,28,30H,3-13,22-24H2,1-2H3/t28-,30-/m1/s1. The highest BCUT2D eigenvalue weighted by molar-refractivity contribution is 5.91. The van der Waals surface area contributed by atoms with Crippen molar-refractivity contribution in [1.29, 1.82) is 0 Å². The van der Waals surface area contributed by atoms with E-state index in [4.69, 9.17) is 14.2 Å². The van der Waals surface area contributed by atoms with Crippen LogP contribution in [-0.2, 0) is 9.53 Å². The van der Waals surface area contributed by atoms with Crippen LogP contribution in [-0.4, -0.2) is 24.6 Å². The second-order valence-corrected chi connectivity index (χ2v) is 10.1. The first-order chi connectivity index (χ1) is 18.1. The minimum Gasteiger partial charge on any atom is -0.494 e. The molecule has 0 N–H and O–H groups in total. The third kappa shape index (κ3) is 9.87. The van der Waals surface area contributed by atoms with Crippen molar-refractivity contribution >= 4 is 11.9 Å². The van der Waals surface area contributed by atoms with Crippen LogP contribution in [0.1, 0.15) is 119 Å². The highest BCUT2D eigenvalue weighted by atomic mass is 16.5. The van der Waals surface area contributed by atoms with Gasteiger partial charge in [0.15, 0.2) is 0 Å². The molecule has 1 aliphatic rings. The predicted molar refractivity (Wildman–Crippen MR) is 147 cm³/mol. The van der Waals surface area contributed by atoms with Gasteiger partial charge in [-0.2, -0.15) is 0 Å². The Morgan fingerprint density at radius 1 is 0.784 bits per heavy atom. The molecule has 0 spiro atoms. The number of unbranched alkanes of at least 4 members (excludes halogenated alkanes) is 8. The normalized spacial score (nSPS) is 17.3. The van der Waals surface area contributed by atoms with E-state index in [1.807, 2.05) is 24.3 Å². The van der Waals surface area contributed by atoms with Crippen molar-refractivity contribution in [3.05, 3.63) is 59.7 Å². The molecular weight excluding hydrogens is 464 g/mol. The lowest BCUT2D eigenvalue weighted by Crippen LogP contribution is -2.29. The molecule has 1 saturated heterocycles. The van der Waals surface area contributed by atoms with Crippen molar-refractivity contribution in [3.8, 4) is 11.5 Å². The summed E-state index contributed by atoms with van der Waals surface area (Å²) < 4.78 is 17.0. The molecule has 202 valence electrons. The summed E-state index contributed by atoms with van der Waals surface area (Å²) in [7, 11) is 0. The van der Waals surface area contributed by atoms with Gasteiger partial charge in [-0.15, -0.1) is 0 Å². The topological polar surface area (TPSA) is 61.8 Å². The molecule has 1 aliphatic heterocycles. The van der Waals surface area contributed by atoms with Gasteiger partial charge in [0, 0.05) is 0 Å². The molecule has 0 unspecified atom stereocenters. The monoisotopic (exact) mass is 508 g/mol. The molecule has 3 rings (SSSR count). The van der Waals surface area contributed by atoms with E-state index in [9.17, 15) is 9.59 Å². The van der Waals surface area contributed by atoms with Crippen LogP contribution in [0, 0.1) is 0 Å². The molecule has 0 aliphatic carbocycles. The van der Waals surface area contributed by atoms with Crippen LogP contribution in [0.3, 0.4) is 0 Å². The van der Waals surface area contributed by atoms with Crippen LogP contribution < -0.4 is 9.47 Å². The summed E-state index contributed by atoms with van der Waals surface area (Å²) in [5, 5.41) is 0. The second-order valence-electron chi connectivity index (χ2n) is 10.1. The summed E-state index contributed by atoms with van der Waals surface area (Å²) in [6, 6.07) is 14.3. The van der Waals surface area contributed by atoms with Crippen molar-refractivity contribution < 1.29 is 23.8 Å². The molecule has 2 aromatic carbocycles. The summed E-state index contributed by atoms with van der Waals surface area (Å²) in [6.45, 7) is 5.11. The molecule has 37 heavy (non-hydrogen) atoms. The summed E-state index contributed by atoms with van der Waals surface area (Å²) in [4.78, 5) is 25.2. The van der Waals surface area contributed by atoms with Gasteiger partial charge in [0.25, 0.3) is 0 Å². The summed E-state index contributed by atoms with van der Waals surface area (Å²) >= 11 is 0. The smallest absolute Gasteiger partial charge is 0.343 e. The number of hydrogen-bond acceptors (Lipinski definition) is 5. The van der Waals surface area contributed by atoms with E-state index >= 15 is 0 Å². The molecular formula is C32H44O5. The van der Waals surface area contributed by atoms with Crippen LogP contribution >= 0.6 is 0 Å². The molecule has 0 aromatic heterocycles. The zero-order chi connectivity index (χ0) is 26.3. The summed E-state index contributed by atoms with van der Waals surface area (Å²) in [6.07, 6.45) is 14.8. The average Bonchev–Trinajstić information content (AvgIpc) is 2.91. The van der Waals surface area contributed by atoms with E-state index in [1.54, 1.807) is 24.3 Å². The van der Waals surface area contributed by atoms with Crippen molar-refractivity contribution in [2.45, 2.75) is 109 Å². The first kappa shape index (κ1) is 28.7. The first-order valence-corrected chi connectivity index (χ1v) is 14.4. The zero-order valence-corrected chi connectivity index (χ0v) is 22.7. The van der Waals surface area contributed by atoms with Gasteiger partial charge in [0.05, 0.1) is 18.1 Å². The van der Waals surface area contributed by atoms with Gasteiger partial charge in [0.2, 0.25) is 0 Å². The fraction of sp³-hybridized carbons (Fsp3) is 0.562. The number of esters is 2. The molecule has 0 bridgehead atoms. The number of rotatable bonds is 16. The molecule has 2 aromatic rings. The molecule has 5 nitrogen and oxygen atoms in total. The van der Waals surface area contributed by atoms with Crippen LogP contribution in [0.5, 0.6) is 11.5 Å². The van der Waals surface area contributed by atoms with E-state index in [0.717, 1.165) is 43.4 Å². The number of ether oxygens (including phenoxy) is 3. The Morgan fingerprint density at radius 3 is 2.08 bits per heavy atom. The molecule has 2 atom stereocenters. The van der Waals surface area contributed by atoms with Gasteiger partial charge in [-0.05, 0) is 74.1 Å². The fourth-order valence-electron chi connectivity index (χ4n) is 4.77.